The molecule has 5 nitrogen and oxygen atoms in total. The van der Waals surface area contributed by atoms with E-state index in [1.807, 2.05) is 42.1 Å². The second-order valence-electron chi connectivity index (χ2n) is 7.18. The first-order chi connectivity index (χ1) is 13.1. The van der Waals surface area contributed by atoms with Gasteiger partial charge in [-0.1, -0.05) is 35.9 Å². The average molecular weight is 400 g/mol. The Morgan fingerprint density at radius 3 is 2.96 bits per heavy atom. The SMILES string of the molecule is O=C(Nc1cccc(Cl)c1)[C@@H]1C[C@@H]2CSCN2[C@]12C(=O)Nc1ccccc12. The van der Waals surface area contributed by atoms with Crippen molar-refractivity contribution in [1.82, 2.24) is 4.90 Å². The summed E-state index contributed by atoms with van der Waals surface area (Å²) in [5, 5.41) is 6.55. The monoisotopic (exact) mass is 399 g/mol. The topological polar surface area (TPSA) is 61.4 Å². The number of hydrogen-bond acceptors (Lipinski definition) is 4. The van der Waals surface area contributed by atoms with Gasteiger partial charge >= 0.3 is 0 Å². The number of anilines is 2. The van der Waals surface area contributed by atoms with E-state index >= 15 is 0 Å². The highest BCUT2D eigenvalue weighted by molar-refractivity contribution is 7.99. The molecular formula is C20H18ClN3O2S. The Morgan fingerprint density at radius 2 is 2.11 bits per heavy atom. The number of hydrogen-bond donors (Lipinski definition) is 2. The number of halogens is 1. The maximum atomic E-state index is 13.3. The van der Waals surface area contributed by atoms with Gasteiger partial charge in [-0.2, -0.15) is 0 Å². The number of carbonyl (C=O) groups is 2. The summed E-state index contributed by atoms with van der Waals surface area (Å²) in [7, 11) is 0. The molecule has 3 heterocycles. The van der Waals surface area contributed by atoms with Crippen molar-refractivity contribution < 1.29 is 9.59 Å². The van der Waals surface area contributed by atoms with Crippen molar-refractivity contribution in [3.05, 3.63) is 59.1 Å². The normalized spacial score (nSPS) is 28.9. The molecule has 3 aliphatic rings. The first-order valence-corrected chi connectivity index (χ1v) is 10.5. The highest BCUT2D eigenvalue weighted by Gasteiger charge is 2.65. The molecule has 2 aromatic rings. The first kappa shape index (κ1) is 17.1. The fourth-order valence-electron chi connectivity index (χ4n) is 4.70. The van der Waals surface area contributed by atoms with E-state index in [0.29, 0.717) is 17.1 Å². The summed E-state index contributed by atoms with van der Waals surface area (Å²) < 4.78 is 0. The number of para-hydroxylation sites is 1. The highest BCUT2D eigenvalue weighted by atomic mass is 35.5. The number of carbonyl (C=O) groups excluding carboxylic acids is 2. The summed E-state index contributed by atoms with van der Waals surface area (Å²) in [6.45, 7) is 0. The molecule has 0 radical (unpaired) electrons. The number of amides is 2. The summed E-state index contributed by atoms with van der Waals surface area (Å²) in [4.78, 5) is 28.8. The molecule has 7 heteroatoms. The maximum absolute atomic E-state index is 13.3. The number of benzene rings is 2. The quantitative estimate of drug-likeness (QED) is 0.811. The zero-order valence-corrected chi connectivity index (χ0v) is 16.0. The minimum Gasteiger partial charge on any atom is -0.326 e. The Bertz CT molecular complexity index is 952. The molecule has 2 aromatic carbocycles. The zero-order chi connectivity index (χ0) is 18.6. The molecule has 0 bridgehead atoms. The van der Waals surface area contributed by atoms with Gasteiger partial charge in [0.25, 0.3) is 0 Å². The Kier molecular flexibility index (Phi) is 3.96. The summed E-state index contributed by atoms with van der Waals surface area (Å²) in [6, 6.07) is 15.0. The molecule has 0 aromatic heterocycles. The molecule has 2 N–H and O–H groups in total. The third-order valence-electron chi connectivity index (χ3n) is 5.79. The van der Waals surface area contributed by atoms with E-state index in [4.69, 9.17) is 11.6 Å². The van der Waals surface area contributed by atoms with Gasteiger partial charge in [0.05, 0.1) is 5.92 Å². The Labute approximate surface area is 166 Å². The van der Waals surface area contributed by atoms with Crippen molar-refractivity contribution in [3.63, 3.8) is 0 Å². The van der Waals surface area contributed by atoms with E-state index in [-0.39, 0.29) is 17.9 Å². The maximum Gasteiger partial charge on any atom is 0.250 e. The van der Waals surface area contributed by atoms with Crippen LogP contribution >= 0.6 is 23.4 Å². The van der Waals surface area contributed by atoms with E-state index < -0.39 is 11.5 Å². The van der Waals surface area contributed by atoms with Crippen LogP contribution in [0.2, 0.25) is 5.02 Å². The van der Waals surface area contributed by atoms with Crippen LogP contribution in [-0.4, -0.2) is 34.4 Å². The second kappa shape index (κ2) is 6.26. The van der Waals surface area contributed by atoms with Gasteiger partial charge in [0.15, 0.2) is 0 Å². The fraction of sp³-hybridized carbons (Fsp3) is 0.300. The van der Waals surface area contributed by atoms with Crippen molar-refractivity contribution in [2.45, 2.75) is 18.0 Å². The van der Waals surface area contributed by atoms with Crippen molar-refractivity contribution in [2.24, 2.45) is 5.92 Å². The van der Waals surface area contributed by atoms with E-state index in [1.54, 1.807) is 18.2 Å². The number of fused-ring (bicyclic) bond motifs is 4. The van der Waals surface area contributed by atoms with Crippen molar-refractivity contribution in [2.75, 3.05) is 22.3 Å². The molecule has 27 heavy (non-hydrogen) atoms. The molecule has 5 rings (SSSR count). The minimum atomic E-state index is -0.937. The smallest absolute Gasteiger partial charge is 0.250 e. The van der Waals surface area contributed by atoms with Crippen LogP contribution in [0.3, 0.4) is 0 Å². The standard InChI is InChI=1S/C20H18ClN3O2S/c21-12-4-3-5-13(8-12)22-18(25)16-9-14-10-27-11-24(14)20(16)15-6-1-2-7-17(15)23-19(20)26/h1-8,14,16H,9-11H2,(H,22,25)(H,23,26)/t14-,16+,20+/m1/s1. The van der Waals surface area contributed by atoms with Crippen LogP contribution in [0.1, 0.15) is 12.0 Å². The largest absolute Gasteiger partial charge is 0.326 e. The Morgan fingerprint density at radius 1 is 1.26 bits per heavy atom. The number of nitrogens with zero attached hydrogens (tertiary/aromatic N) is 1. The molecule has 3 atom stereocenters. The predicted octanol–water partition coefficient (Wildman–Crippen LogP) is 3.52. The van der Waals surface area contributed by atoms with E-state index in [1.165, 1.54) is 0 Å². The third kappa shape index (κ3) is 2.43. The van der Waals surface area contributed by atoms with Crippen molar-refractivity contribution in [1.29, 1.82) is 0 Å². The lowest BCUT2D eigenvalue weighted by molar-refractivity contribution is -0.134. The molecule has 3 aliphatic heterocycles. The van der Waals surface area contributed by atoms with E-state index in [2.05, 4.69) is 15.5 Å². The average Bonchev–Trinajstić information content (AvgIpc) is 3.30. The summed E-state index contributed by atoms with van der Waals surface area (Å²) >= 11 is 7.87. The molecule has 138 valence electrons. The summed E-state index contributed by atoms with van der Waals surface area (Å²) in [5.41, 5.74) is 1.43. The zero-order valence-electron chi connectivity index (χ0n) is 14.4. The molecule has 0 unspecified atom stereocenters. The number of thioether (sulfide) groups is 1. The van der Waals surface area contributed by atoms with Crippen LogP contribution in [0.15, 0.2) is 48.5 Å². The van der Waals surface area contributed by atoms with Gasteiger partial charge in [0.2, 0.25) is 11.8 Å². The lowest BCUT2D eigenvalue weighted by atomic mass is 9.79. The molecule has 1 spiro atoms. The van der Waals surface area contributed by atoms with Crippen LogP contribution in [0.5, 0.6) is 0 Å². The van der Waals surface area contributed by atoms with E-state index in [9.17, 15) is 9.59 Å². The first-order valence-electron chi connectivity index (χ1n) is 8.92. The van der Waals surface area contributed by atoms with Gasteiger partial charge in [-0.15, -0.1) is 11.8 Å². The van der Waals surface area contributed by atoms with Crippen LogP contribution in [-0.2, 0) is 15.1 Å². The second-order valence-corrected chi connectivity index (χ2v) is 8.61. The number of nitrogens with one attached hydrogen (secondary N) is 2. The lowest BCUT2D eigenvalue weighted by Crippen LogP contribution is -2.53. The summed E-state index contributed by atoms with van der Waals surface area (Å²) in [5.74, 6) is 1.01. The molecular weight excluding hydrogens is 382 g/mol. The Balaban J connectivity index is 1.57. The van der Waals surface area contributed by atoms with Gasteiger partial charge in [-0.05, 0) is 30.7 Å². The van der Waals surface area contributed by atoms with Crippen molar-refractivity contribution in [3.8, 4) is 0 Å². The fourth-order valence-corrected chi connectivity index (χ4v) is 6.19. The summed E-state index contributed by atoms with van der Waals surface area (Å²) in [6.07, 6.45) is 0.668. The molecule has 2 amide bonds. The van der Waals surface area contributed by atoms with E-state index in [0.717, 1.165) is 22.9 Å². The van der Waals surface area contributed by atoms with Gasteiger partial charge in [0.1, 0.15) is 5.54 Å². The molecule has 2 saturated heterocycles. The highest BCUT2D eigenvalue weighted by Crippen LogP contribution is 2.55. The predicted molar refractivity (Wildman–Crippen MR) is 108 cm³/mol. The molecule has 2 fully saturated rings. The number of rotatable bonds is 2. The lowest BCUT2D eigenvalue weighted by Gasteiger charge is -2.36. The van der Waals surface area contributed by atoms with Gasteiger partial charge in [-0.25, -0.2) is 0 Å². The third-order valence-corrected chi connectivity index (χ3v) is 7.10. The van der Waals surface area contributed by atoms with Gasteiger partial charge < -0.3 is 10.6 Å². The van der Waals surface area contributed by atoms with Gasteiger partial charge in [-0.3, -0.25) is 14.5 Å². The van der Waals surface area contributed by atoms with Crippen LogP contribution in [0.25, 0.3) is 0 Å². The van der Waals surface area contributed by atoms with Gasteiger partial charge in [0, 0.05) is 39.6 Å². The minimum absolute atomic E-state index is 0.0973. The van der Waals surface area contributed by atoms with Crippen LogP contribution < -0.4 is 10.6 Å². The molecule has 0 saturated carbocycles. The van der Waals surface area contributed by atoms with Crippen LogP contribution in [0, 0.1) is 5.92 Å². The van der Waals surface area contributed by atoms with Crippen molar-refractivity contribution >= 4 is 46.6 Å². The Hall–Kier alpha value is -2.02. The van der Waals surface area contributed by atoms with Crippen LogP contribution in [0.4, 0.5) is 11.4 Å². The molecule has 0 aliphatic carbocycles.